The highest BCUT2D eigenvalue weighted by Gasteiger charge is 2.88. The molecule has 4 fully saturated rings. The van der Waals surface area contributed by atoms with Gasteiger partial charge in [-0.25, -0.2) is 4.79 Å². The molecular weight excluding hydrogens is 520 g/mol. The van der Waals surface area contributed by atoms with Crippen LogP contribution in [0.15, 0.2) is 23.3 Å². The maximum Gasteiger partial charge on any atom is 0.333 e. The first-order valence-electron chi connectivity index (χ1n) is 13.9. The van der Waals surface area contributed by atoms with Crippen molar-refractivity contribution >= 4 is 29.7 Å². The molecule has 40 heavy (non-hydrogen) atoms. The maximum atomic E-state index is 14.4. The van der Waals surface area contributed by atoms with Crippen molar-refractivity contribution < 1.29 is 47.7 Å². The lowest BCUT2D eigenvalue weighted by atomic mass is 9.67. The molecule has 10 nitrogen and oxygen atoms in total. The van der Waals surface area contributed by atoms with E-state index in [1.807, 2.05) is 20.8 Å². The number of epoxide rings is 1. The van der Waals surface area contributed by atoms with Crippen LogP contribution in [0.4, 0.5) is 0 Å². The highest BCUT2D eigenvalue weighted by Crippen LogP contribution is 2.76. The zero-order chi connectivity index (χ0) is 29.7. The monoisotopic (exact) mass is 558 g/mol. The molecular formula is C30H38O10. The van der Waals surface area contributed by atoms with Gasteiger partial charge in [-0.05, 0) is 37.7 Å². The number of carbonyl (C=O) groups excluding carboxylic acids is 5. The van der Waals surface area contributed by atoms with Crippen molar-refractivity contribution in [3.63, 3.8) is 0 Å². The molecule has 5 rings (SSSR count). The lowest BCUT2D eigenvalue weighted by Crippen LogP contribution is -2.59. The van der Waals surface area contributed by atoms with E-state index in [0.717, 1.165) is 0 Å². The number of allylic oxidation sites excluding steroid dienone is 1. The summed E-state index contributed by atoms with van der Waals surface area (Å²) in [6.07, 6.45) is 0.740. The van der Waals surface area contributed by atoms with E-state index in [2.05, 4.69) is 0 Å². The van der Waals surface area contributed by atoms with Gasteiger partial charge >= 0.3 is 23.9 Å². The zero-order valence-corrected chi connectivity index (χ0v) is 24.5. The first-order valence-corrected chi connectivity index (χ1v) is 13.9. The van der Waals surface area contributed by atoms with E-state index < -0.39 is 76.2 Å². The largest absolute Gasteiger partial charge is 0.459 e. The first kappa shape index (κ1) is 28.5. The fourth-order valence-electron chi connectivity index (χ4n) is 8.28. The van der Waals surface area contributed by atoms with Crippen LogP contribution in [0, 0.1) is 29.1 Å². The van der Waals surface area contributed by atoms with Gasteiger partial charge in [0, 0.05) is 43.8 Å². The second-order valence-electron chi connectivity index (χ2n) is 12.7. The number of esters is 4. The normalized spacial score (nSPS) is 43.9. The number of ether oxygens (including phenoxy) is 5. The SMILES string of the molecule is CC=C(C)C(=O)OC1C(OC(C)=O)C2=CC34OC3(CC(C)C4OC(C)=O)C(=O)C(C)C2(OC(C)=O)C2C1C2(C)C. The van der Waals surface area contributed by atoms with Gasteiger partial charge in [0.2, 0.25) is 0 Å². The molecule has 0 amide bonds. The van der Waals surface area contributed by atoms with Gasteiger partial charge in [-0.1, -0.05) is 33.8 Å². The second-order valence-corrected chi connectivity index (χ2v) is 12.7. The number of carbonyl (C=O) groups is 5. The Morgan fingerprint density at radius 2 is 1.60 bits per heavy atom. The number of fused-ring (bicyclic) bond motifs is 3. The summed E-state index contributed by atoms with van der Waals surface area (Å²) >= 11 is 0. The predicted octanol–water partition coefficient (Wildman–Crippen LogP) is 3.01. The third kappa shape index (κ3) is 3.53. The molecule has 0 N–H and O–H groups in total. The Balaban J connectivity index is 1.78. The van der Waals surface area contributed by atoms with Gasteiger partial charge in [-0.2, -0.15) is 0 Å². The van der Waals surface area contributed by atoms with Crippen molar-refractivity contribution in [2.24, 2.45) is 29.1 Å². The van der Waals surface area contributed by atoms with Crippen LogP contribution in [0.25, 0.3) is 0 Å². The van der Waals surface area contributed by atoms with E-state index in [1.54, 1.807) is 32.9 Å². The third-order valence-electron chi connectivity index (χ3n) is 9.97. The molecule has 5 aliphatic rings. The van der Waals surface area contributed by atoms with E-state index in [0.29, 0.717) is 17.6 Å². The second kappa shape index (κ2) is 8.74. The van der Waals surface area contributed by atoms with Crippen molar-refractivity contribution in [2.75, 3.05) is 0 Å². The molecule has 0 aromatic rings. The summed E-state index contributed by atoms with van der Waals surface area (Å²) < 4.78 is 30.1. The Labute approximate surface area is 233 Å². The van der Waals surface area contributed by atoms with Crippen LogP contribution in [0.2, 0.25) is 0 Å². The lowest BCUT2D eigenvalue weighted by Gasteiger charge is -2.47. The molecule has 0 aromatic carbocycles. The van der Waals surface area contributed by atoms with Crippen LogP contribution in [-0.2, 0) is 47.7 Å². The standard InChI is InChI=1S/C30H38O10/c1-10-13(2)26(35)38-22-20-23(27(20,8)9)30(39-18(7)33)15(4)24(34)28-11-14(3)25(37-17(6)32)29(28,40-28)12-19(30)21(22)36-16(5)31/h10,12,14-15,20-23,25H,11H2,1-9H3. The Morgan fingerprint density at radius 1 is 0.975 bits per heavy atom. The molecule has 0 bridgehead atoms. The van der Waals surface area contributed by atoms with Crippen LogP contribution in [0.5, 0.6) is 0 Å². The minimum Gasteiger partial charge on any atom is -0.459 e. The van der Waals surface area contributed by atoms with Crippen molar-refractivity contribution in [3.8, 4) is 0 Å². The highest BCUT2D eigenvalue weighted by molar-refractivity contribution is 5.98. The molecule has 10 heteroatoms. The number of rotatable bonds is 5. The van der Waals surface area contributed by atoms with Crippen LogP contribution in [0.1, 0.15) is 68.7 Å². The van der Waals surface area contributed by atoms with Crippen molar-refractivity contribution in [1.82, 2.24) is 0 Å². The van der Waals surface area contributed by atoms with Gasteiger partial charge in [-0.3, -0.25) is 19.2 Å². The fourth-order valence-corrected chi connectivity index (χ4v) is 8.28. The Bertz CT molecular complexity index is 1280. The van der Waals surface area contributed by atoms with Crippen LogP contribution in [-0.4, -0.2) is 64.8 Å². The number of Topliss-reactive ketones (excluding diaryl/α,β-unsaturated/α-hetero) is 1. The predicted molar refractivity (Wildman–Crippen MR) is 138 cm³/mol. The van der Waals surface area contributed by atoms with Crippen molar-refractivity contribution in [3.05, 3.63) is 23.3 Å². The summed E-state index contributed by atoms with van der Waals surface area (Å²) in [6.45, 7) is 14.7. The number of ketones is 1. The smallest absolute Gasteiger partial charge is 0.333 e. The van der Waals surface area contributed by atoms with Gasteiger partial charge in [0.05, 0.1) is 5.92 Å². The highest BCUT2D eigenvalue weighted by atomic mass is 16.7. The Kier molecular flexibility index (Phi) is 6.23. The van der Waals surface area contributed by atoms with Crippen LogP contribution >= 0.6 is 0 Å². The summed E-state index contributed by atoms with van der Waals surface area (Å²) in [5.41, 5.74) is -3.96. The minimum absolute atomic E-state index is 0.210. The third-order valence-corrected chi connectivity index (χ3v) is 9.97. The molecule has 10 unspecified atom stereocenters. The van der Waals surface area contributed by atoms with E-state index in [1.165, 1.54) is 20.8 Å². The Morgan fingerprint density at radius 3 is 2.15 bits per heavy atom. The summed E-state index contributed by atoms with van der Waals surface area (Å²) in [6, 6.07) is 0. The minimum atomic E-state index is -1.49. The topological polar surface area (TPSA) is 135 Å². The quantitative estimate of drug-likeness (QED) is 0.163. The van der Waals surface area contributed by atoms with Crippen molar-refractivity contribution in [2.45, 2.75) is 104 Å². The van der Waals surface area contributed by atoms with Gasteiger partial charge in [-0.15, -0.1) is 0 Å². The molecule has 0 aromatic heterocycles. The molecule has 0 spiro atoms. The van der Waals surface area contributed by atoms with E-state index in [9.17, 15) is 24.0 Å². The molecule has 1 aliphatic heterocycles. The fraction of sp³-hybridized carbons (Fsp3) is 0.700. The van der Waals surface area contributed by atoms with Gasteiger partial charge < -0.3 is 23.7 Å². The molecule has 3 saturated carbocycles. The van der Waals surface area contributed by atoms with Crippen molar-refractivity contribution in [1.29, 1.82) is 0 Å². The first-order chi connectivity index (χ1) is 18.5. The zero-order valence-electron chi connectivity index (χ0n) is 24.5. The van der Waals surface area contributed by atoms with Gasteiger partial charge in [0.1, 0.15) is 12.2 Å². The lowest BCUT2D eigenvalue weighted by molar-refractivity contribution is -0.184. The van der Waals surface area contributed by atoms with Crippen LogP contribution < -0.4 is 0 Å². The summed E-state index contributed by atoms with van der Waals surface area (Å²) in [5, 5.41) is 0. The van der Waals surface area contributed by atoms with Gasteiger partial charge in [0.15, 0.2) is 28.7 Å². The molecule has 1 saturated heterocycles. The average Bonchev–Trinajstić information content (AvgIpc) is 3.65. The van der Waals surface area contributed by atoms with E-state index in [4.69, 9.17) is 23.7 Å². The molecule has 1 heterocycles. The Hall–Kier alpha value is -3.01. The van der Waals surface area contributed by atoms with E-state index in [-0.39, 0.29) is 17.6 Å². The number of hydrogen-bond acceptors (Lipinski definition) is 10. The molecule has 218 valence electrons. The number of hydrogen-bond donors (Lipinski definition) is 0. The van der Waals surface area contributed by atoms with Gasteiger partial charge in [0.25, 0.3) is 0 Å². The summed E-state index contributed by atoms with van der Waals surface area (Å²) in [4.78, 5) is 64.9. The molecule has 10 atom stereocenters. The summed E-state index contributed by atoms with van der Waals surface area (Å²) in [7, 11) is 0. The van der Waals surface area contributed by atoms with E-state index >= 15 is 0 Å². The average molecular weight is 559 g/mol. The molecule has 4 aliphatic carbocycles. The van der Waals surface area contributed by atoms with Crippen LogP contribution in [0.3, 0.4) is 0 Å². The summed E-state index contributed by atoms with van der Waals surface area (Å²) in [5.74, 6) is -4.50. The molecule has 0 radical (unpaired) electrons. The maximum absolute atomic E-state index is 14.4.